The fourth-order valence-corrected chi connectivity index (χ4v) is 5.29. The van der Waals surface area contributed by atoms with Crippen molar-refractivity contribution in [1.82, 2.24) is 19.2 Å². The van der Waals surface area contributed by atoms with Crippen molar-refractivity contribution in [2.75, 3.05) is 76.7 Å². The van der Waals surface area contributed by atoms with Crippen LogP contribution in [0.4, 0.5) is 11.8 Å². The Balaban J connectivity index is 1.49. The summed E-state index contributed by atoms with van der Waals surface area (Å²) in [7, 11) is -3.60. The molecule has 174 valence electrons. The number of nitrogens with two attached hydrogens (primary N) is 1. The molecule has 3 N–H and O–H groups in total. The van der Waals surface area contributed by atoms with Crippen molar-refractivity contribution in [3.8, 4) is 11.1 Å². The van der Waals surface area contributed by atoms with Crippen LogP contribution in [0.1, 0.15) is 6.42 Å². The molecule has 4 rings (SSSR count). The zero-order chi connectivity index (χ0) is 22.4. The third-order valence-corrected chi connectivity index (χ3v) is 7.50. The van der Waals surface area contributed by atoms with Crippen molar-refractivity contribution in [3.05, 3.63) is 30.5 Å². The van der Waals surface area contributed by atoms with Crippen molar-refractivity contribution in [3.63, 3.8) is 0 Å². The molecule has 2 fully saturated rings. The maximum Gasteiger partial charge on any atom is 0.243 e. The Morgan fingerprint density at radius 2 is 1.78 bits per heavy atom. The Morgan fingerprint density at radius 1 is 1.06 bits per heavy atom. The van der Waals surface area contributed by atoms with E-state index in [0.29, 0.717) is 44.2 Å². The van der Waals surface area contributed by atoms with E-state index in [4.69, 9.17) is 15.2 Å². The van der Waals surface area contributed by atoms with Crippen LogP contribution in [0, 0.1) is 0 Å². The van der Waals surface area contributed by atoms with Crippen LogP contribution >= 0.6 is 0 Å². The number of nitrogen functional groups attached to an aromatic ring is 1. The van der Waals surface area contributed by atoms with Crippen molar-refractivity contribution in [2.24, 2.45) is 0 Å². The summed E-state index contributed by atoms with van der Waals surface area (Å²) in [6.45, 7) is 6.68. The molecule has 0 atom stereocenters. The van der Waals surface area contributed by atoms with E-state index < -0.39 is 10.0 Å². The molecule has 32 heavy (non-hydrogen) atoms. The van der Waals surface area contributed by atoms with E-state index in [2.05, 4.69) is 20.2 Å². The number of benzene rings is 1. The standard InChI is InChI=1S/C21H30N6O4S/c22-21-24-16-19(20(25-21)23-5-2-6-26-7-11-30-12-8-26)17-3-1-4-18(15-17)32(28,29)27-9-13-31-14-10-27/h1,3-4,15-16H,2,5-14H2,(H3,22,23,24,25). The van der Waals surface area contributed by atoms with Gasteiger partial charge in [0.25, 0.3) is 0 Å². The number of anilines is 2. The summed E-state index contributed by atoms with van der Waals surface area (Å²) in [6.07, 6.45) is 2.57. The third kappa shape index (κ3) is 5.54. The number of hydrogen-bond donors (Lipinski definition) is 2. The van der Waals surface area contributed by atoms with E-state index in [1.54, 1.807) is 24.4 Å². The second kappa shape index (κ2) is 10.5. The van der Waals surface area contributed by atoms with Crippen LogP contribution in [0.2, 0.25) is 0 Å². The number of aromatic nitrogens is 2. The minimum Gasteiger partial charge on any atom is -0.379 e. The molecule has 11 heteroatoms. The Labute approximate surface area is 188 Å². The Morgan fingerprint density at radius 3 is 2.53 bits per heavy atom. The van der Waals surface area contributed by atoms with E-state index in [-0.39, 0.29) is 10.8 Å². The quantitative estimate of drug-likeness (QED) is 0.550. The zero-order valence-corrected chi connectivity index (χ0v) is 18.9. The average molecular weight is 463 g/mol. The molecule has 2 aliphatic heterocycles. The number of morpholine rings is 2. The predicted molar refractivity (Wildman–Crippen MR) is 122 cm³/mol. The summed E-state index contributed by atoms with van der Waals surface area (Å²) in [5, 5.41) is 3.35. The molecule has 2 saturated heterocycles. The van der Waals surface area contributed by atoms with Gasteiger partial charge in [-0.15, -0.1) is 0 Å². The molecular weight excluding hydrogens is 432 g/mol. The van der Waals surface area contributed by atoms with Crippen molar-refractivity contribution in [1.29, 1.82) is 0 Å². The first kappa shape index (κ1) is 22.9. The molecule has 2 aromatic rings. The Kier molecular flexibility index (Phi) is 7.53. The maximum absolute atomic E-state index is 13.1. The van der Waals surface area contributed by atoms with Crippen LogP contribution in [0.3, 0.4) is 0 Å². The second-order valence-corrected chi connectivity index (χ2v) is 9.71. The highest BCUT2D eigenvalue weighted by Crippen LogP contribution is 2.29. The van der Waals surface area contributed by atoms with E-state index in [9.17, 15) is 8.42 Å². The first-order valence-corrected chi connectivity index (χ1v) is 12.3. The number of nitrogens with zero attached hydrogens (tertiary/aromatic N) is 4. The monoisotopic (exact) mass is 462 g/mol. The molecule has 3 heterocycles. The van der Waals surface area contributed by atoms with Crippen LogP contribution in [-0.2, 0) is 19.5 Å². The molecule has 0 amide bonds. The van der Waals surface area contributed by atoms with Gasteiger partial charge in [-0.3, -0.25) is 4.90 Å². The predicted octanol–water partition coefficient (Wildman–Crippen LogP) is 0.881. The lowest BCUT2D eigenvalue weighted by atomic mass is 10.1. The zero-order valence-electron chi connectivity index (χ0n) is 18.1. The SMILES string of the molecule is Nc1ncc(-c2cccc(S(=O)(=O)N3CCOCC3)c2)c(NCCCN2CCOCC2)n1. The molecular formula is C21H30N6O4S. The molecule has 0 unspecified atom stereocenters. The summed E-state index contributed by atoms with van der Waals surface area (Å²) in [6, 6.07) is 6.87. The van der Waals surface area contributed by atoms with Gasteiger partial charge >= 0.3 is 0 Å². The van der Waals surface area contributed by atoms with Gasteiger partial charge < -0.3 is 20.5 Å². The van der Waals surface area contributed by atoms with Gasteiger partial charge in [-0.25, -0.2) is 13.4 Å². The summed E-state index contributed by atoms with van der Waals surface area (Å²) >= 11 is 0. The number of sulfonamides is 1. The molecule has 0 radical (unpaired) electrons. The summed E-state index contributed by atoms with van der Waals surface area (Å²) in [5.41, 5.74) is 7.25. The third-order valence-electron chi connectivity index (χ3n) is 5.61. The van der Waals surface area contributed by atoms with Gasteiger partial charge in [0, 0.05) is 44.5 Å². The number of ether oxygens (including phenoxy) is 2. The number of hydrogen-bond acceptors (Lipinski definition) is 9. The normalized spacial score (nSPS) is 18.5. The minimum atomic E-state index is -3.60. The molecule has 0 spiro atoms. The molecule has 2 aliphatic rings. The van der Waals surface area contributed by atoms with Gasteiger partial charge in [0.2, 0.25) is 16.0 Å². The average Bonchev–Trinajstić information content (AvgIpc) is 2.83. The largest absolute Gasteiger partial charge is 0.379 e. The Bertz CT molecular complexity index is 1010. The van der Waals surface area contributed by atoms with Crippen LogP contribution < -0.4 is 11.1 Å². The van der Waals surface area contributed by atoms with Gasteiger partial charge in [-0.05, 0) is 30.7 Å². The van der Waals surface area contributed by atoms with Crippen molar-refractivity contribution in [2.45, 2.75) is 11.3 Å². The van der Waals surface area contributed by atoms with Crippen molar-refractivity contribution < 1.29 is 17.9 Å². The van der Waals surface area contributed by atoms with Crippen LogP contribution in [0.5, 0.6) is 0 Å². The molecule has 1 aromatic heterocycles. The lowest BCUT2D eigenvalue weighted by Gasteiger charge is -2.26. The van der Waals surface area contributed by atoms with E-state index in [1.807, 2.05) is 6.07 Å². The number of nitrogens with one attached hydrogen (secondary N) is 1. The van der Waals surface area contributed by atoms with Crippen LogP contribution in [-0.4, -0.2) is 93.3 Å². The smallest absolute Gasteiger partial charge is 0.243 e. The van der Waals surface area contributed by atoms with Gasteiger partial charge in [0.1, 0.15) is 5.82 Å². The van der Waals surface area contributed by atoms with Crippen LogP contribution in [0.15, 0.2) is 35.4 Å². The van der Waals surface area contributed by atoms with Gasteiger partial charge in [0.05, 0.1) is 31.3 Å². The van der Waals surface area contributed by atoms with Gasteiger partial charge in [0.15, 0.2) is 0 Å². The minimum absolute atomic E-state index is 0.168. The van der Waals surface area contributed by atoms with E-state index in [0.717, 1.165) is 44.8 Å². The van der Waals surface area contributed by atoms with Crippen molar-refractivity contribution >= 4 is 21.8 Å². The molecule has 0 bridgehead atoms. The fourth-order valence-electron chi connectivity index (χ4n) is 3.84. The van der Waals surface area contributed by atoms with Gasteiger partial charge in [-0.1, -0.05) is 12.1 Å². The lowest BCUT2D eigenvalue weighted by Crippen LogP contribution is -2.40. The highest BCUT2D eigenvalue weighted by atomic mass is 32.2. The van der Waals surface area contributed by atoms with E-state index >= 15 is 0 Å². The van der Waals surface area contributed by atoms with E-state index in [1.165, 1.54) is 4.31 Å². The molecule has 0 aliphatic carbocycles. The Hall–Kier alpha value is -2.31. The van der Waals surface area contributed by atoms with Crippen LogP contribution in [0.25, 0.3) is 11.1 Å². The second-order valence-electron chi connectivity index (χ2n) is 7.77. The summed E-state index contributed by atoms with van der Waals surface area (Å²) in [5.74, 6) is 0.766. The van der Waals surface area contributed by atoms with Gasteiger partial charge in [-0.2, -0.15) is 9.29 Å². The maximum atomic E-state index is 13.1. The highest BCUT2D eigenvalue weighted by molar-refractivity contribution is 7.89. The topological polar surface area (TPSA) is 123 Å². The first-order chi connectivity index (χ1) is 15.5. The molecule has 0 saturated carbocycles. The first-order valence-electron chi connectivity index (χ1n) is 10.9. The summed E-state index contributed by atoms with van der Waals surface area (Å²) < 4.78 is 38.2. The summed E-state index contributed by atoms with van der Waals surface area (Å²) in [4.78, 5) is 11.1. The molecule has 1 aromatic carbocycles. The fraction of sp³-hybridized carbons (Fsp3) is 0.524. The highest BCUT2D eigenvalue weighted by Gasteiger charge is 2.26. The lowest BCUT2D eigenvalue weighted by molar-refractivity contribution is 0.0378. The molecule has 10 nitrogen and oxygen atoms in total. The number of rotatable bonds is 8.